The maximum atomic E-state index is 12.7. The number of hydrogen-bond acceptors (Lipinski definition) is 5. The number of thiazole rings is 1. The van der Waals surface area contributed by atoms with Gasteiger partial charge in [0.25, 0.3) is 5.91 Å². The average Bonchev–Trinajstić information content (AvgIpc) is 3.32. The molecule has 152 valence electrons. The van der Waals surface area contributed by atoms with Gasteiger partial charge in [0.2, 0.25) is 0 Å². The fourth-order valence-electron chi connectivity index (χ4n) is 3.88. The first-order valence-corrected chi connectivity index (χ1v) is 11.8. The number of aryl methyl sites for hydroxylation is 2. The Morgan fingerprint density at radius 3 is 2.83 bits per heavy atom. The monoisotopic (exact) mass is 434 g/mol. The van der Waals surface area contributed by atoms with E-state index in [2.05, 4.69) is 11.4 Å². The molecule has 0 atom stereocenters. The first kappa shape index (κ1) is 19.3. The van der Waals surface area contributed by atoms with Crippen LogP contribution in [0.5, 0.6) is 5.75 Å². The summed E-state index contributed by atoms with van der Waals surface area (Å²) >= 11 is 3.39. The molecule has 1 N–H and O–H groups in total. The topological polar surface area (TPSA) is 51.2 Å². The van der Waals surface area contributed by atoms with Crippen molar-refractivity contribution in [2.75, 3.05) is 11.9 Å². The molecular formula is C24H22N2O2S2. The van der Waals surface area contributed by atoms with Gasteiger partial charge in [-0.25, -0.2) is 4.98 Å². The smallest absolute Gasteiger partial charge is 0.262 e. The van der Waals surface area contributed by atoms with Gasteiger partial charge in [-0.15, -0.1) is 22.7 Å². The number of carbonyl (C=O) groups excluding carboxylic acids is 1. The Balaban J connectivity index is 1.43. The molecule has 0 fully saturated rings. The van der Waals surface area contributed by atoms with Crippen molar-refractivity contribution in [1.29, 1.82) is 0 Å². The van der Waals surface area contributed by atoms with E-state index in [-0.39, 0.29) is 12.5 Å². The van der Waals surface area contributed by atoms with E-state index in [0.29, 0.717) is 5.75 Å². The predicted octanol–water partition coefficient (Wildman–Crippen LogP) is 6.23. The number of ether oxygens (including phenoxy) is 1. The van der Waals surface area contributed by atoms with Gasteiger partial charge in [-0.2, -0.15) is 0 Å². The largest absolute Gasteiger partial charge is 0.484 e. The van der Waals surface area contributed by atoms with Gasteiger partial charge in [0.1, 0.15) is 15.8 Å². The van der Waals surface area contributed by atoms with Crippen LogP contribution in [0.2, 0.25) is 0 Å². The highest BCUT2D eigenvalue weighted by Gasteiger charge is 2.25. The number of rotatable bonds is 5. The van der Waals surface area contributed by atoms with E-state index < -0.39 is 0 Å². The fourth-order valence-corrected chi connectivity index (χ4v) is 6.29. The highest BCUT2D eigenvalue weighted by Crippen LogP contribution is 2.46. The molecule has 1 aliphatic rings. The van der Waals surface area contributed by atoms with Crippen molar-refractivity contribution in [3.05, 3.63) is 64.5 Å². The van der Waals surface area contributed by atoms with Gasteiger partial charge in [-0.3, -0.25) is 4.79 Å². The number of benzene rings is 2. The van der Waals surface area contributed by atoms with Crippen LogP contribution in [0.1, 0.15) is 28.8 Å². The van der Waals surface area contributed by atoms with Crippen LogP contribution in [0.3, 0.4) is 0 Å². The summed E-state index contributed by atoms with van der Waals surface area (Å²) in [7, 11) is 0. The fraction of sp³-hybridized carbons (Fsp3) is 0.250. The van der Waals surface area contributed by atoms with Crippen molar-refractivity contribution in [2.24, 2.45) is 0 Å². The van der Waals surface area contributed by atoms with Crippen molar-refractivity contribution >= 4 is 43.8 Å². The number of fused-ring (bicyclic) bond motifs is 2. The Morgan fingerprint density at radius 2 is 1.97 bits per heavy atom. The lowest BCUT2D eigenvalue weighted by molar-refractivity contribution is -0.118. The lowest BCUT2D eigenvalue weighted by Crippen LogP contribution is -2.20. The second-order valence-corrected chi connectivity index (χ2v) is 9.69. The molecule has 2 aromatic carbocycles. The summed E-state index contributed by atoms with van der Waals surface area (Å²) in [4.78, 5) is 18.9. The number of anilines is 1. The number of thiophene rings is 1. The van der Waals surface area contributed by atoms with Gasteiger partial charge in [-0.05, 0) is 68.0 Å². The van der Waals surface area contributed by atoms with Gasteiger partial charge in [-0.1, -0.05) is 24.3 Å². The van der Waals surface area contributed by atoms with Crippen molar-refractivity contribution in [2.45, 2.75) is 32.6 Å². The van der Waals surface area contributed by atoms with E-state index in [1.165, 1.54) is 28.0 Å². The molecule has 0 aliphatic heterocycles. The van der Waals surface area contributed by atoms with Gasteiger partial charge in [0.15, 0.2) is 6.61 Å². The molecule has 0 unspecified atom stereocenters. The van der Waals surface area contributed by atoms with Crippen LogP contribution in [-0.4, -0.2) is 17.5 Å². The summed E-state index contributed by atoms with van der Waals surface area (Å²) in [5, 5.41) is 5.01. The van der Waals surface area contributed by atoms with E-state index >= 15 is 0 Å². The van der Waals surface area contributed by atoms with Crippen LogP contribution in [0.25, 0.3) is 20.8 Å². The molecule has 1 amide bonds. The zero-order valence-corrected chi connectivity index (χ0v) is 18.4. The van der Waals surface area contributed by atoms with Crippen LogP contribution in [0.15, 0.2) is 48.5 Å². The second kappa shape index (κ2) is 8.20. The van der Waals surface area contributed by atoms with Gasteiger partial charge in [0.05, 0.1) is 10.2 Å². The number of para-hydroxylation sites is 1. The minimum atomic E-state index is -0.141. The minimum Gasteiger partial charge on any atom is -0.484 e. The Labute approximate surface area is 183 Å². The maximum Gasteiger partial charge on any atom is 0.262 e. The number of amides is 1. The summed E-state index contributed by atoms with van der Waals surface area (Å²) in [5.74, 6) is 0.569. The van der Waals surface area contributed by atoms with Crippen molar-refractivity contribution in [1.82, 2.24) is 4.98 Å². The Morgan fingerprint density at radius 1 is 1.10 bits per heavy atom. The molecule has 0 bridgehead atoms. The SMILES string of the molecule is Cc1cccc(OCC(=O)Nc2sc3c(c2-c2nc4ccccc4s2)CCCC3)c1. The van der Waals surface area contributed by atoms with E-state index in [4.69, 9.17) is 9.72 Å². The molecule has 4 nitrogen and oxygen atoms in total. The lowest BCUT2D eigenvalue weighted by atomic mass is 9.96. The van der Waals surface area contributed by atoms with Crippen LogP contribution >= 0.6 is 22.7 Å². The summed E-state index contributed by atoms with van der Waals surface area (Å²) in [6, 6.07) is 15.9. The third-order valence-electron chi connectivity index (χ3n) is 5.29. The van der Waals surface area contributed by atoms with Crippen molar-refractivity contribution in [3.8, 4) is 16.3 Å². The summed E-state index contributed by atoms with van der Waals surface area (Å²) in [6.45, 7) is 2.00. The zero-order valence-electron chi connectivity index (χ0n) is 16.7. The molecule has 6 heteroatoms. The molecular weight excluding hydrogens is 412 g/mol. The van der Waals surface area contributed by atoms with Crippen LogP contribution in [0.4, 0.5) is 5.00 Å². The third-order valence-corrected chi connectivity index (χ3v) is 7.55. The van der Waals surface area contributed by atoms with E-state index in [9.17, 15) is 4.79 Å². The lowest BCUT2D eigenvalue weighted by Gasteiger charge is -2.12. The number of nitrogens with one attached hydrogen (secondary N) is 1. The van der Waals surface area contributed by atoms with Crippen molar-refractivity contribution in [3.63, 3.8) is 0 Å². The van der Waals surface area contributed by atoms with E-state index in [1.807, 2.05) is 49.4 Å². The Kier molecular flexibility index (Phi) is 5.27. The van der Waals surface area contributed by atoms with Gasteiger partial charge in [0, 0.05) is 10.4 Å². The first-order valence-electron chi connectivity index (χ1n) is 10.2. The number of hydrogen-bond donors (Lipinski definition) is 1. The molecule has 1 aliphatic carbocycles. The van der Waals surface area contributed by atoms with E-state index in [0.717, 1.165) is 39.5 Å². The molecule has 0 saturated heterocycles. The highest BCUT2D eigenvalue weighted by atomic mass is 32.1. The van der Waals surface area contributed by atoms with Crippen LogP contribution in [0, 0.1) is 6.92 Å². The number of aromatic nitrogens is 1. The molecule has 2 aromatic heterocycles. The van der Waals surface area contributed by atoms with Crippen LogP contribution in [-0.2, 0) is 17.6 Å². The molecule has 0 saturated carbocycles. The molecule has 4 aromatic rings. The molecule has 2 heterocycles. The third kappa shape index (κ3) is 3.85. The molecule has 5 rings (SSSR count). The highest BCUT2D eigenvalue weighted by molar-refractivity contribution is 7.22. The minimum absolute atomic E-state index is 0.00863. The predicted molar refractivity (Wildman–Crippen MR) is 125 cm³/mol. The quantitative estimate of drug-likeness (QED) is 0.405. The second-order valence-electron chi connectivity index (χ2n) is 7.56. The molecule has 0 spiro atoms. The molecule has 0 radical (unpaired) electrons. The Bertz CT molecular complexity index is 1190. The summed E-state index contributed by atoms with van der Waals surface area (Å²) < 4.78 is 6.87. The van der Waals surface area contributed by atoms with Gasteiger partial charge >= 0.3 is 0 Å². The Hall–Kier alpha value is -2.70. The molecule has 30 heavy (non-hydrogen) atoms. The number of carbonyl (C=O) groups is 1. The van der Waals surface area contributed by atoms with Crippen LogP contribution < -0.4 is 10.1 Å². The first-order chi connectivity index (χ1) is 14.7. The van der Waals surface area contributed by atoms with Gasteiger partial charge < -0.3 is 10.1 Å². The summed E-state index contributed by atoms with van der Waals surface area (Å²) in [6.07, 6.45) is 4.52. The van der Waals surface area contributed by atoms with E-state index in [1.54, 1.807) is 22.7 Å². The maximum absolute atomic E-state index is 12.7. The standard InChI is InChI=1S/C24H22N2O2S2/c1-15-7-6-8-16(13-15)28-14-21(27)26-24-22(17-9-2-4-11-19(17)29-24)23-25-18-10-3-5-12-20(18)30-23/h3,5-8,10,12-13H,2,4,9,11,14H2,1H3,(H,26,27). The van der Waals surface area contributed by atoms with Crippen molar-refractivity contribution < 1.29 is 9.53 Å². The zero-order chi connectivity index (χ0) is 20.5. The normalized spacial score (nSPS) is 13.2. The average molecular weight is 435 g/mol. The number of nitrogens with zero attached hydrogens (tertiary/aromatic N) is 1. The summed E-state index contributed by atoms with van der Waals surface area (Å²) in [5.41, 5.74) is 4.59.